The zero-order valence-corrected chi connectivity index (χ0v) is 13.6. The van der Waals surface area contributed by atoms with Crippen LogP contribution >= 0.6 is 32.7 Å². The van der Waals surface area contributed by atoms with E-state index in [9.17, 15) is 10.2 Å². The minimum Gasteiger partial charge on any atom is -0.391 e. The number of halogens is 2. The highest BCUT2D eigenvalue weighted by Gasteiger charge is 2.25. The number of rotatable bonds is 6. The van der Waals surface area contributed by atoms with Crippen LogP contribution in [0, 0.1) is 5.92 Å². The topological polar surface area (TPSA) is 49.7 Å². The van der Waals surface area contributed by atoms with Gasteiger partial charge in [-0.15, -0.1) is 0 Å². The van der Waals surface area contributed by atoms with E-state index in [1.165, 1.54) is 0 Å². The number of hydrogen-bond donors (Lipinski definition) is 2. The molecule has 1 aromatic carbocycles. The van der Waals surface area contributed by atoms with Gasteiger partial charge in [0.1, 0.15) is 0 Å². The summed E-state index contributed by atoms with van der Waals surface area (Å²) < 4.78 is 5.16. The van der Waals surface area contributed by atoms with Crippen molar-refractivity contribution in [3.05, 3.63) is 33.8 Å². The molecule has 1 aromatic rings. The van der Waals surface area contributed by atoms with Crippen molar-refractivity contribution in [1.29, 1.82) is 0 Å². The van der Waals surface area contributed by atoms with Crippen molar-refractivity contribution in [2.75, 3.05) is 0 Å². The Hall–Kier alpha value is 0.110. The van der Waals surface area contributed by atoms with Crippen LogP contribution in [0.5, 0.6) is 0 Å². The summed E-state index contributed by atoms with van der Waals surface area (Å²) in [6.07, 6.45) is -1.16. The van der Waals surface area contributed by atoms with Gasteiger partial charge in [0, 0.05) is 9.47 Å². The Kier molecular flexibility index (Phi) is 7.02. The second-order valence-electron chi connectivity index (χ2n) is 4.74. The molecule has 0 saturated heterocycles. The summed E-state index contributed by atoms with van der Waals surface area (Å²) in [4.78, 5) is 0. The molecule has 0 aliphatic rings. The van der Waals surface area contributed by atoms with E-state index in [2.05, 4.69) is 9.47 Å². The molecule has 2 N–H and O–H groups in total. The van der Waals surface area contributed by atoms with Crippen molar-refractivity contribution < 1.29 is 14.7 Å². The van der Waals surface area contributed by atoms with E-state index in [1.54, 1.807) is 25.1 Å². The molecule has 6 heteroatoms. The molecule has 5 atom stereocenters. The van der Waals surface area contributed by atoms with Crippen LogP contribution in [-0.2, 0) is 4.52 Å². The fraction of sp³-hybridized carbons (Fsp3) is 0.538. The van der Waals surface area contributed by atoms with Crippen LogP contribution in [0.1, 0.15) is 31.9 Å². The van der Waals surface area contributed by atoms with E-state index in [-0.39, 0.29) is 12.0 Å². The number of aliphatic hydroxyl groups excluding tert-OH is 2. The molecule has 0 heterocycles. The highest BCUT2D eigenvalue weighted by molar-refractivity contribution is 7.09. The number of aliphatic hydroxyl groups is 2. The van der Waals surface area contributed by atoms with E-state index < -0.39 is 12.2 Å². The second kappa shape index (κ2) is 7.78. The van der Waals surface area contributed by atoms with Gasteiger partial charge in [-0.05, 0) is 37.0 Å². The quantitative estimate of drug-likeness (QED) is 0.786. The summed E-state index contributed by atoms with van der Waals surface area (Å²) in [5, 5.41) is 20.7. The molecule has 1 rings (SSSR count). The maximum absolute atomic E-state index is 10.2. The summed E-state index contributed by atoms with van der Waals surface area (Å²) in [5.74, 6) is -0.0121. The molecule has 0 saturated carbocycles. The first kappa shape index (κ1) is 17.2. The third-order valence-electron chi connectivity index (χ3n) is 3.12. The average molecular weight is 325 g/mol. The van der Waals surface area contributed by atoms with Gasteiger partial charge in [0.15, 0.2) is 0 Å². The minimum absolute atomic E-state index is 0.0121. The zero-order valence-electron chi connectivity index (χ0n) is 10.9. The van der Waals surface area contributed by atoms with Gasteiger partial charge < -0.3 is 14.7 Å². The Morgan fingerprint density at radius 3 is 2.32 bits per heavy atom. The number of hydrogen-bond acceptors (Lipinski definition) is 3. The lowest BCUT2D eigenvalue weighted by Gasteiger charge is -2.26. The van der Waals surface area contributed by atoms with Gasteiger partial charge in [-0.2, -0.15) is 0 Å². The molecule has 0 bridgehead atoms. The van der Waals surface area contributed by atoms with Crippen molar-refractivity contribution in [1.82, 2.24) is 0 Å². The van der Waals surface area contributed by atoms with E-state index in [0.717, 1.165) is 0 Å². The second-order valence-corrected chi connectivity index (χ2v) is 5.83. The van der Waals surface area contributed by atoms with Crippen LogP contribution in [0.3, 0.4) is 0 Å². The SMILES string of the molecule is CC(O)C(OP)C(C)CC(O)c1ccc(Cl)c(Cl)c1. The standard InChI is InChI=1S/C13H19Cl2O3P/c1-7(13(18-19)8(2)16)5-12(17)9-3-4-10(14)11(15)6-9/h3-4,6-8,12-13,16-17H,5,19H2,1-2H3. The summed E-state index contributed by atoms with van der Waals surface area (Å²) in [6.45, 7) is 3.58. The van der Waals surface area contributed by atoms with Gasteiger partial charge in [0.2, 0.25) is 0 Å². The van der Waals surface area contributed by atoms with Crippen molar-refractivity contribution in [2.45, 2.75) is 38.6 Å². The maximum Gasteiger partial charge on any atom is 0.0893 e. The van der Waals surface area contributed by atoms with Crippen molar-refractivity contribution in [3.63, 3.8) is 0 Å². The predicted molar refractivity (Wildman–Crippen MR) is 81.5 cm³/mol. The van der Waals surface area contributed by atoms with Crippen LogP contribution in [0.25, 0.3) is 0 Å². The molecule has 19 heavy (non-hydrogen) atoms. The van der Waals surface area contributed by atoms with Crippen molar-refractivity contribution in [3.8, 4) is 0 Å². The first-order valence-corrected chi connectivity index (χ1v) is 7.26. The molecule has 0 fully saturated rings. The maximum atomic E-state index is 10.2. The van der Waals surface area contributed by atoms with E-state index in [4.69, 9.17) is 27.7 Å². The van der Waals surface area contributed by atoms with E-state index in [1.807, 2.05) is 6.92 Å². The van der Waals surface area contributed by atoms with Crippen LogP contribution in [0.2, 0.25) is 10.0 Å². The van der Waals surface area contributed by atoms with Gasteiger partial charge in [-0.3, -0.25) is 0 Å². The molecule has 0 aliphatic heterocycles. The molecule has 0 spiro atoms. The Morgan fingerprint density at radius 2 is 1.84 bits per heavy atom. The smallest absolute Gasteiger partial charge is 0.0893 e. The van der Waals surface area contributed by atoms with Gasteiger partial charge in [-0.25, -0.2) is 0 Å². The highest BCUT2D eigenvalue weighted by atomic mass is 35.5. The molecule has 3 nitrogen and oxygen atoms in total. The lowest BCUT2D eigenvalue weighted by Crippen LogP contribution is -2.31. The highest BCUT2D eigenvalue weighted by Crippen LogP contribution is 2.30. The Morgan fingerprint density at radius 1 is 1.21 bits per heavy atom. The van der Waals surface area contributed by atoms with E-state index in [0.29, 0.717) is 22.0 Å². The summed E-state index contributed by atoms with van der Waals surface area (Å²) >= 11 is 11.8. The monoisotopic (exact) mass is 324 g/mol. The third kappa shape index (κ3) is 4.86. The minimum atomic E-state index is -0.675. The Labute approximate surface area is 126 Å². The normalized spacial score (nSPS) is 17.8. The Balaban J connectivity index is 2.73. The molecule has 0 amide bonds. The fourth-order valence-corrected chi connectivity index (χ4v) is 2.87. The van der Waals surface area contributed by atoms with Crippen molar-refractivity contribution in [2.24, 2.45) is 5.92 Å². The van der Waals surface area contributed by atoms with Crippen LogP contribution in [0.15, 0.2) is 18.2 Å². The molecular weight excluding hydrogens is 306 g/mol. The van der Waals surface area contributed by atoms with Crippen molar-refractivity contribution >= 4 is 32.7 Å². The molecule has 0 radical (unpaired) electrons. The molecular formula is C13H19Cl2O3P. The summed E-state index contributed by atoms with van der Waals surface area (Å²) in [6, 6.07) is 5.05. The first-order chi connectivity index (χ1) is 8.86. The first-order valence-electron chi connectivity index (χ1n) is 6.03. The molecule has 5 unspecified atom stereocenters. The van der Waals surface area contributed by atoms with Gasteiger partial charge in [-0.1, -0.05) is 36.2 Å². The zero-order chi connectivity index (χ0) is 14.6. The molecule has 0 aromatic heterocycles. The predicted octanol–water partition coefficient (Wildman–Crippen LogP) is 3.61. The lowest BCUT2D eigenvalue weighted by molar-refractivity contribution is 0.00998. The lowest BCUT2D eigenvalue weighted by atomic mass is 9.92. The van der Waals surface area contributed by atoms with Gasteiger partial charge >= 0.3 is 0 Å². The fourth-order valence-electron chi connectivity index (χ4n) is 2.07. The number of benzene rings is 1. The van der Waals surface area contributed by atoms with Gasteiger partial charge in [0.25, 0.3) is 0 Å². The average Bonchev–Trinajstić information content (AvgIpc) is 2.32. The van der Waals surface area contributed by atoms with E-state index >= 15 is 0 Å². The third-order valence-corrected chi connectivity index (χ3v) is 4.17. The largest absolute Gasteiger partial charge is 0.391 e. The molecule has 0 aliphatic carbocycles. The molecule has 108 valence electrons. The summed E-state index contributed by atoms with van der Waals surface area (Å²) in [7, 11) is 2.15. The van der Waals surface area contributed by atoms with Gasteiger partial charge in [0.05, 0.1) is 28.4 Å². The van der Waals surface area contributed by atoms with Crippen LogP contribution < -0.4 is 0 Å². The Bertz CT molecular complexity index is 415. The summed E-state index contributed by atoms with van der Waals surface area (Å²) in [5.41, 5.74) is 0.703. The van der Waals surface area contributed by atoms with Crippen LogP contribution in [0.4, 0.5) is 0 Å². The van der Waals surface area contributed by atoms with Crippen LogP contribution in [-0.4, -0.2) is 22.4 Å².